The van der Waals surface area contributed by atoms with E-state index in [2.05, 4.69) is 15.9 Å². The Kier molecular flexibility index (Phi) is 3.38. The molecule has 94 valence electrons. The molecule has 1 aromatic carbocycles. The molecule has 6 heteroatoms. The van der Waals surface area contributed by atoms with Crippen LogP contribution in [-0.2, 0) is 0 Å². The molecule has 2 aromatic rings. The summed E-state index contributed by atoms with van der Waals surface area (Å²) in [7, 11) is 0. The molecule has 0 aliphatic rings. The number of fused-ring (bicyclic) bond motifs is 1. The SMILES string of the molecule is CCOc1cc2oc(=O)c(C(=O)O)cc2cc1Br. The molecule has 0 spiro atoms. The van der Waals surface area contributed by atoms with Gasteiger partial charge >= 0.3 is 11.6 Å². The van der Waals surface area contributed by atoms with Crippen molar-refractivity contribution in [2.45, 2.75) is 6.92 Å². The van der Waals surface area contributed by atoms with Gasteiger partial charge in [0.25, 0.3) is 0 Å². The fraction of sp³-hybridized carbons (Fsp3) is 0.167. The average Bonchev–Trinajstić information content (AvgIpc) is 2.30. The van der Waals surface area contributed by atoms with E-state index in [1.165, 1.54) is 6.07 Å². The van der Waals surface area contributed by atoms with E-state index in [1.807, 2.05) is 6.92 Å². The first-order valence-electron chi connectivity index (χ1n) is 5.16. The first kappa shape index (κ1) is 12.6. The summed E-state index contributed by atoms with van der Waals surface area (Å²) >= 11 is 3.31. The molecule has 0 fully saturated rings. The van der Waals surface area contributed by atoms with Crippen molar-refractivity contribution in [3.8, 4) is 5.75 Å². The van der Waals surface area contributed by atoms with Gasteiger partial charge in [0.2, 0.25) is 0 Å². The third kappa shape index (κ3) is 2.24. The minimum atomic E-state index is -1.31. The lowest BCUT2D eigenvalue weighted by Crippen LogP contribution is -2.12. The first-order chi connectivity index (χ1) is 8.52. The van der Waals surface area contributed by atoms with Crippen LogP contribution >= 0.6 is 15.9 Å². The van der Waals surface area contributed by atoms with Crippen LogP contribution in [0.1, 0.15) is 17.3 Å². The summed E-state index contributed by atoms with van der Waals surface area (Å²) in [5, 5.41) is 9.35. The lowest BCUT2D eigenvalue weighted by atomic mass is 10.2. The Morgan fingerprint density at radius 2 is 2.17 bits per heavy atom. The Morgan fingerprint density at radius 1 is 1.44 bits per heavy atom. The van der Waals surface area contributed by atoms with Gasteiger partial charge in [-0.3, -0.25) is 0 Å². The number of halogens is 1. The predicted molar refractivity (Wildman–Crippen MR) is 68.3 cm³/mol. The summed E-state index contributed by atoms with van der Waals surface area (Å²) in [5.74, 6) is -0.771. The van der Waals surface area contributed by atoms with Crippen molar-refractivity contribution in [2.24, 2.45) is 0 Å². The number of aromatic carboxylic acids is 1. The molecule has 0 saturated carbocycles. The highest BCUT2D eigenvalue weighted by molar-refractivity contribution is 9.10. The second kappa shape index (κ2) is 4.81. The summed E-state index contributed by atoms with van der Waals surface area (Å²) in [6, 6.07) is 4.48. The molecule has 0 aliphatic carbocycles. The van der Waals surface area contributed by atoms with Crippen LogP contribution in [0.3, 0.4) is 0 Å². The van der Waals surface area contributed by atoms with E-state index in [4.69, 9.17) is 14.3 Å². The fourth-order valence-corrected chi connectivity index (χ4v) is 2.01. The number of ether oxygens (including phenoxy) is 1. The summed E-state index contributed by atoms with van der Waals surface area (Å²) in [6.45, 7) is 2.31. The third-order valence-electron chi connectivity index (χ3n) is 2.32. The Balaban J connectivity index is 2.70. The lowest BCUT2D eigenvalue weighted by molar-refractivity contribution is 0.0692. The lowest BCUT2D eigenvalue weighted by Gasteiger charge is -2.07. The minimum Gasteiger partial charge on any atom is -0.493 e. The van der Waals surface area contributed by atoms with Crippen LogP contribution < -0.4 is 10.4 Å². The number of rotatable bonds is 3. The van der Waals surface area contributed by atoms with E-state index >= 15 is 0 Å². The molecule has 1 aromatic heterocycles. The van der Waals surface area contributed by atoms with Crippen LogP contribution in [0.15, 0.2) is 31.9 Å². The Bertz CT molecular complexity index is 674. The standard InChI is InChI=1S/C12H9BrO5/c1-2-17-10-5-9-6(4-8(10)13)3-7(11(14)15)12(16)18-9/h3-5H,2H2,1H3,(H,14,15). The molecular weight excluding hydrogens is 304 g/mol. The van der Waals surface area contributed by atoms with E-state index in [9.17, 15) is 9.59 Å². The van der Waals surface area contributed by atoms with Crippen LogP contribution in [0.4, 0.5) is 0 Å². The number of benzene rings is 1. The molecule has 0 amide bonds. The van der Waals surface area contributed by atoms with Crippen LogP contribution in [0.2, 0.25) is 0 Å². The largest absolute Gasteiger partial charge is 0.493 e. The smallest absolute Gasteiger partial charge is 0.351 e. The number of hydrogen-bond donors (Lipinski definition) is 1. The second-order valence-electron chi connectivity index (χ2n) is 3.51. The van der Waals surface area contributed by atoms with Crippen molar-refractivity contribution in [2.75, 3.05) is 6.61 Å². The van der Waals surface area contributed by atoms with Crippen LogP contribution in [-0.4, -0.2) is 17.7 Å². The molecule has 0 aliphatic heterocycles. The van der Waals surface area contributed by atoms with Crippen molar-refractivity contribution in [1.29, 1.82) is 0 Å². The quantitative estimate of drug-likeness (QED) is 0.882. The highest BCUT2D eigenvalue weighted by atomic mass is 79.9. The Morgan fingerprint density at radius 3 is 2.78 bits per heavy atom. The molecule has 1 N–H and O–H groups in total. The number of hydrogen-bond acceptors (Lipinski definition) is 4. The monoisotopic (exact) mass is 312 g/mol. The van der Waals surface area contributed by atoms with E-state index in [1.54, 1.807) is 12.1 Å². The zero-order valence-corrected chi connectivity index (χ0v) is 11.0. The van der Waals surface area contributed by atoms with Crippen LogP contribution in [0, 0.1) is 0 Å². The topological polar surface area (TPSA) is 76.7 Å². The summed E-state index contributed by atoms with van der Waals surface area (Å²) in [4.78, 5) is 22.3. The van der Waals surface area contributed by atoms with Crippen molar-refractivity contribution < 1.29 is 19.1 Å². The Hall–Kier alpha value is -1.82. The second-order valence-corrected chi connectivity index (χ2v) is 4.36. The molecule has 5 nitrogen and oxygen atoms in total. The maximum absolute atomic E-state index is 11.4. The average molecular weight is 313 g/mol. The zero-order chi connectivity index (χ0) is 13.3. The Labute approximate surface area is 110 Å². The van der Waals surface area contributed by atoms with Gasteiger partial charge in [-0.15, -0.1) is 0 Å². The number of carboxylic acid groups (broad SMARTS) is 1. The van der Waals surface area contributed by atoms with Crippen molar-refractivity contribution in [3.05, 3.63) is 38.7 Å². The van der Waals surface area contributed by atoms with Crippen LogP contribution in [0.5, 0.6) is 5.75 Å². The van der Waals surface area contributed by atoms with Crippen molar-refractivity contribution >= 4 is 32.9 Å². The summed E-state index contributed by atoms with van der Waals surface area (Å²) in [5.41, 5.74) is -0.977. The predicted octanol–water partition coefficient (Wildman–Crippen LogP) is 2.65. The highest BCUT2D eigenvalue weighted by Crippen LogP contribution is 2.30. The van der Waals surface area contributed by atoms with E-state index < -0.39 is 17.2 Å². The zero-order valence-electron chi connectivity index (χ0n) is 9.40. The molecule has 0 unspecified atom stereocenters. The highest BCUT2D eigenvalue weighted by Gasteiger charge is 2.13. The van der Waals surface area contributed by atoms with Gasteiger partial charge in [0.15, 0.2) is 0 Å². The number of carboxylic acids is 1. The number of carbonyl (C=O) groups is 1. The summed E-state index contributed by atoms with van der Waals surface area (Å²) < 4.78 is 11.0. The van der Waals surface area contributed by atoms with E-state index in [-0.39, 0.29) is 5.58 Å². The van der Waals surface area contributed by atoms with Crippen molar-refractivity contribution in [3.63, 3.8) is 0 Å². The van der Waals surface area contributed by atoms with Gasteiger partial charge in [-0.2, -0.15) is 0 Å². The van der Waals surface area contributed by atoms with Gasteiger partial charge in [0.05, 0.1) is 11.1 Å². The first-order valence-corrected chi connectivity index (χ1v) is 5.95. The third-order valence-corrected chi connectivity index (χ3v) is 2.94. The van der Waals surface area contributed by atoms with E-state index in [0.717, 1.165) is 0 Å². The minimum absolute atomic E-state index is 0.289. The normalized spacial score (nSPS) is 10.6. The fourth-order valence-electron chi connectivity index (χ4n) is 1.54. The molecule has 1 heterocycles. The van der Waals surface area contributed by atoms with Gasteiger partial charge in [0, 0.05) is 11.5 Å². The van der Waals surface area contributed by atoms with Crippen LogP contribution in [0.25, 0.3) is 11.0 Å². The van der Waals surface area contributed by atoms with Gasteiger partial charge in [-0.25, -0.2) is 9.59 Å². The van der Waals surface area contributed by atoms with Gasteiger partial charge in [0.1, 0.15) is 16.9 Å². The van der Waals surface area contributed by atoms with Crippen molar-refractivity contribution in [1.82, 2.24) is 0 Å². The molecule has 0 bridgehead atoms. The van der Waals surface area contributed by atoms with E-state index in [0.29, 0.717) is 22.2 Å². The molecule has 0 saturated heterocycles. The molecule has 0 atom stereocenters. The van der Waals surface area contributed by atoms with Gasteiger partial charge in [-0.05, 0) is 35.0 Å². The maximum atomic E-state index is 11.4. The molecular formula is C12H9BrO5. The maximum Gasteiger partial charge on any atom is 0.351 e. The van der Waals surface area contributed by atoms with Gasteiger partial charge < -0.3 is 14.3 Å². The van der Waals surface area contributed by atoms with Gasteiger partial charge in [-0.1, -0.05) is 0 Å². The summed E-state index contributed by atoms with van der Waals surface area (Å²) in [6.07, 6.45) is 0. The molecule has 18 heavy (non-hydrogen) atoms. The molecule has 0 radical (unpaired) electrons. The molecule has 2 rings (SSSR count).